The summed E-state index contributed by atoms with van der Waals surface area (Å²) in [6, 6.07) is 0. The van der Waals surface area contributed by atoms with Crippen molar-refractivity contribution in [2.24, 2.45) is 0 Å². The molecule has 0 saturated carbocycles. The van der Waals surface area contributed by atoms with E-state index in [0.717, 1.165) is 12.2 Å². The lowest BCUT2D eigenvalue weighted by molar-refractivity contribution is -0.137. The lowest BCUT2D eigenvalue weighted by Gasteiger charge is -2.04. The number of hydrogen-bond donors (Lipinski definition) is 1. The van der Waals surface area contributed by atoms with Gasteiger partial charge in [0.15, 0.2) is 0 Å². The van der Waals surface area contributed by atoms with Gasteiger partial charge in [0.05, 0.1) is 12.4 Å². The van der Waals surface area contributed by atoms with Crippen molar-refractivity contribution in [1.82, 2.24) is 0 Å². The molecule has 0 radical (unpaired) electrons. The number of allylic oxidation sites excluding steroid dienone is 2. The number of carbonyl (C=O) groups is 1. The zero-order valence-corrected chi connectivity index (χ0v) is 9.08. The largest absolute Gasteiger partial charge is 0.499 e. The first-order valence-corrected chi connectivity index (χ1v) is 5.18. The topological polar surface area (TPSA) is 46.5 Å². The molecule has 0 fully saturated rings. The van der Waals surface area contributed by atoms with Gasteiger partial charge in [-0.1, -0.05) is 13.3 Å². The maximum atomic E-state index is 10.2. The normalized spacial score (nSPS) is 11.4. The molecule has 0 aliphatic rings. The van der Waals surface area contributed by atoms with E-state index >= 15 is 0 Å². The Bertz CT molecular complexity index is 185. The lowest BCUT2D eigenvalue weighted by atomic mass is 10.2. The van der Waals surface area contributed by atoms with Crippen LogP contribution in [0.4, 0.5) is 0 Å². The fraction of sp³-hybridized carbons (Fsp3) is 0.727. The van der Waals surface area contributed by atoms with Crippen molar-refractivity contribution in [3.05, 3.63) is 11.8 Å². The average molecular weight is 200 g/mol. The van der Waals surface area contributed by atoms with Crippen LogP contribution in [0.5, 0.6) is 0 Å². The third-order valence-corrected chi connectivity index (χ3v) is 1.85. The molecule has 0 aliphatic heterocycles. The molecular formula is C11H20O3. The number of carboxylic acids is 1. The van der Waals surface area contributed by atoms with Gasteiger partial charge in [0, 0.05) is 6.42 Å². The predicted octanol–water partition coefficient (Wildman–Crippen LogP) is 2.96. The highest BCUT2D eigenvalue weighted by atomic mass is 16.5. The number of hydrogen-bond acceptors (Lipinski definition) is 2. The number of ether oxygens (including phenoxy) is 1. The van der Waals surface area contributed by atoms with Crippen molar-refractivity contribution in [3.8, 4) is 0 Å². The Hall–Kier alpha value is -0.990. The molecule has 0 spiro atoms. The maximum absolute atomic E-state index is 10.2. The Morgan fingerprint density at radius 3 is 2.71 bits per heavy atom. The first-order valence-electron chi connectivity index (χ1n) is 5.18. The highest BCUT2D eigenvalue weighted by Gasteiger charge is 1.96. The Morgan fingerprint density at radius 2 is 2.14 bits per heavy atom. The second kappa shape index (κ2) is 8.60. The summed E-state index contributed by atoms with van der Waals surface area (Å²) in [5.41, 5.74) is 0. The Morgan fingerprint density at radius 1 is 1.43 bits per heavy atom. The summed E-state index contributed by atoms with van der Waals surface area (Å²) < 4.78 is 5.34. The summed E-state index contributed by atoms with van der Waals surface area (Å²) in [4.78, 5) is 10.2. The fourth-order valence-electron chi connectivity index (χ4n) is 1.02. The molecule has 0 amide bonds. The highest BCUT2D eigenvalue weighted by molar-refractivity contribution is 5.66. The SMILES string of the molecule is CCCC/C=C(\C)OCCCC(=O)O. The van der Waals surface area contributed by atoms with Gasteiger partial charge in [-0.3, -0.25) is 4.79 Å². The van der Waals surface area contributed by atoms with Crippen LogP contribution in [0.25, 0.3) is 0 Å². The van der Waals surface area contributed by atoms with E-state index in [4.69, 9.17) is 9.84 Å². The molecule has 0 aromatic rings. The number of unbranched alkanes of at least 4 members (excludes halogenated alkanes) is 2. The molecule has 0 atom stereocenters. The van der Waals surface area contributed by atoms with Crippen LogP contribution in [0.2, 0.25) is 0 Å². The molecule has 0 aromatic heterocycles. The van der Waals surface area contributed by atoms with Crippen molar-refractivity contribution < 1.29 is 14.6 Å². The Kier molecular flexibility index (Phi) is 7.99. The monoisotopic (exact) mass is 200 g/mol. The Balaban J connectivity index is 3.38. The predicted molar refractivity (Wildman–Crippen MR) is 56.1 cm³/mol. The van der Waals surface area contributed by atoms with Gasteiger partial charge in [0.25, 0.3) is 0 Å². The summed E-state index contributed by atoms with van der Waals surface area (Å²) in [6.07, 6.45) is 6.22. The highest BCUT2D eigenvalue weighted by Crippen LogP contribution is 2.03. The van der Waals surface area contributed by atoms with E-state index in [-0.39, 0.29) is 6.42 Å². The summed E-state index contributed by atoms with van der Waals surface area (Å²) in [5, 5.41) is 8.38. The molecule has 0 saturated heterocycles. The van der Waals surface area contributed by atoms with E-state index in [1.54, 1.807) is 0 Å². The third kappa shape index (κ3) is 9.10. The second-order valence-corrected chi connectivity index (χ2v) is 3.30. The minimum Gasteiger partial charge on any atom is -0.499 e. The molecule has 14 heavy (non-hydrogen) atoms. The minimum atomic E-state index is -0.763. The molecule has 3 nitrogen and oxygen atoms in total. The van der Waals surface area contributed by atoms with Crippen LogP contribution in [0.15, 0.2) is 11.8 Å². The van der Waals surface area contributed by atoms with Gasteiger partial charge in [-0.25, -0.2) is 0 Å². The van der Waals surface area contributed by atoms with Crippen molar-refractivity contribution in [2.75, 3.05) is 6.61 Å². The molecule has 0 aromatic carbocycles. The lowest BCUT2D eigenvalue weighted by Crippen LogP contribution is -1.99. The summed E-state index contributed by atoms with van der Waals surface area (Å²) >= 11 is 0. The zero-order chi connectivity index (χ0) is 10.8. The van der Waals surface area contributed by atoms with E-state index < -0.39 is 5.97 Å². The van der Waals surface area contributed by atoms with Gasteiger partial charge in [-0.15, -0.1) is 0 Å². The van der Waals surface area contributed by atoms with Gasteiger partial charge in [-0.05, 0) is 32.3 Å². The number of carboxylic acid groups (broad SMARTS) is 1. The second-order valence-electron chi connectivity index (χ2n) is 3.30. The molecule has 82 valence electrons. The zero-order valence-electron chi connectivity index (χ0n) is 9.08. The van der Waals surface area contributed by atoms with E-state index in [1.807, 2.05) is 6.92 Å². The standard InChI is InChI=1S/C11H20O3/c1-3-4-5-7-10(2)14-9-6-8-11(12)13/h7H,3-6,8-9H2,1-2H3,(H,12,13)/b10-7+. The minimum absolute atomic E-state index is 0.183. The molecule has 0 unspecified atom stereocenters. The van der Waals surface area contributed by atoms with Crippen LogP contribution in [0.3, 0.4) is 0 Å². The first-order chi connectivity index (χ1) is 6.66. The van der Waals surface area contributed by atoms with E-state index in [2.05, 4.69) is 13.0 Å². The van der Waals surface area contributed by atoms with Gasteiger partial charge < -0.3 is 9.84 Å². The van der Waals surface area contributed by atoms with Crippen LogP contribution in [0, 0.1) is 0 Å². The van der Waals surface area contributed by atoms with Crippen LogP contribution in [-0.2, 0) is 9.53 Å². The molecule has 0 heterocycles. The fourth-order valence-corrected chi connectivity index (χ4v) is 1.02. The summed E-state index contributed by atoms with van der Waals surface area (Å²) in [6.45, 7) is 4.56. The van der Waals surface area contributed by atoms with Crippen molar-refractivity contribution in [2.45, 2.75) is 46.0 Å². The van der Waals surface area contributed by atoms with Gasteiger partial charge >= 0.3 is 5.97 Å². The van der Waals surface area contributed by atoms with Crippen LogP contribution < -0.4 is 0 Å². The quantitative estimate of drug-likeness (QED) is 0.484. The summed E-state index contributed by atoms with van der Waals surface area (Å²) in [7, 11) is 0. The van der Waals surface area contributed by atoms with E-state index in [0.29, 0.717) is 13.0 Å². The maximum Gasteiger partial charge on any atom is 0.303 e. The molecule has 0 bridgehead atoms. The van der Waals surface area contributed by atoms with Crippen molar-refractivity contribution in [3.63, 3.8) is 0 Å². The number of aliphatic carboxylic acids is 1. The van der Waals surface area contributed by atoms with Gasteiger partial charge in [-0.2, -0.15) is 0 Å². The van der Waals surface area contributed by atoms with Gasteiger partial charge in [0.1, 0.15) is 0 Å². The number of rotatable bonds is 8. The van der Waals surface area contributed by atoms with Crippen LogP contribution >= 0.6 is 0 Å². The molecule has 3 heteroatoms. The molecular weight excluding hydrogens is 180 g/mol. The molecule has 0 rings (SSSR count). The van der Waals surface area contributed by atoms with Crippen LogP contribution in [0.1, 0.15) is 46.0 Å². The molecule has 1 N–H and O–H groups in total. The third-order valence-electron chi connectivity index (χ3n) is 1.85. The average Bonchev–Trinajstić information content (AvgIpc) is 2.13. The van der Waals surface area contributed by atoms with Crippen molar-refractivity contribution in [1.29, 1.82) is 0 Å². The van der Waals surface area contributed by atoms with E-state index in [1.165, 1.54) is 12.8 Å². The van der Waals surface area contributed by atoms with Crippen LogP contribution in [-0.4, -0.2) is 17.7 Å². The molecule has 0 aliphatic carbocycles. The summed E-state index contributed by atoms with van der Waals surface area (Å²) in [5.74, 6) is 0.144. The van der Waals surface area contributed by atoms with Gasteiger partial charge in [0.2, 0.25) is 0 Å². The first kappa shape index (κ1) is 13.0. The smallest absolute Gasteiger partial charge is 0.303 e. The van der Waals surface area contributed by atoms with E-state index in [9.17, 15) is 4.79 Å². The van der Waals surface area contributed by atoms with Crippen molar-refractivity contribution >= 4 is 5.97 Å². The Labute approximate surface area is 85.8 Å².